The van der Waals surface area contributed by atoms with Gasteiger partial charge in [-0.3, -0.25) is 14.4 Å². The number of fused-ring (bicyclic) bond motifs is 1. The topological polar surface area (TPSA) is 110 Å². The normalized spacial score (nSPS) is 10.8. The molecular formula is C20H17N3O5. The summed E-state index contributed by atoms with van der Waals surface area (Å²) in [6.45, 7) is 2.39. The van der Waals surface area contributed by atoms with Gasteiger partial charge in [0.2, 0.25) is 5.43 Å². The molecular weight excluding hydrogens is 362 g/mol. The van der Waals surface area contributed by atoms with Crippen molar-refractivity contribution in [3.63, 3.8) is 0 Å². The molecule has 1 heterocycles. The van der Waals surface area contributed by atoms with E-state index >= 15 is 0 Å². The van der Waals surface area contributed by atoms with E-state index in [0.717, 1.165) is 6.21 Å². The molecule has 3 aromatic rings. The Morgan fingerprint density at radius 2 is 1.86 bits per heavy atom. The maximum absolute atomic E-state index is 12.3. The lowest BCUT2D eigenvalue weighted by Gasteiger charge is -2.06. The number of rotatable bonds is 5. The zero-order valence-electron chi connectivity index (χ0n) is 15.0. The Bertz CT molecular complexity index is 1090. The maximum atomic E-state index is 12.3. The van der Waals surface area contributed by atoms with E-state index in [1.54, 1.807) is 48.5 Å². The van der Waals surface area contributed by atoms with Gasteiger partial charge in [-0.25, -0.2) is 5.43 Å². The standard InChI is InChI=1S/C20H17N3O5/c1-2-27-15-9-7-14(8-10-15)22-19(25)20(26)23-21-11-13-12-28-17-6-4-3-5-16(17)18(13)24/h3-12H,2H2,1H3,(H,22,25)(H,23,26)/b21-11-. The van der Waals surface area contributed by atoms with Crippen LogP contribution in [0, 0.1) is 0 Å². The highest BCUT2D eigenvalue weighted by Gasteiger charge is 2.13. The number of hydrogen-bond donors (Lipinski definition) is 2. The van der Waals surface area contributed by atoms with Crippen LogP contribution in [-0.4, -0.2) is 24.6 Å². The average Bonchev–Trinajstić information content (AvgIpc) is 2.71. The zero-order chi connectivity index (χ0) is 19.9. The summed E-state index contributed by atoms with van der Waals surface area (Å²) in [7, 11) is 0. The van der Waals surface area contributed by atoms with Crippen LogP contribution >= 0.6 is 0 Å². The molecule has 0 spiro atoms. The minimum Gasteiger partial charge on any atom is -0.494 e. The van der Waals surface area contributed by atoms with Crippen LogP contribution in [0.15, 0.2) is 69.1 Å². The predicted octanol–water partition coefficient (Wildman–Crippen LogP) is 2.28. The summed E-state index contributed by atoms with van der Waals surface area (Å²) in [5.74, 6) is -1.22. The predicted molar refractivity (Wildman–Crippen MR) is 104 cm³/mol. The molecule has 2 N–H and O–H groups in total. The Kier molecular flexibility index (Phi) is 5.81. The van der Waals surface area contributed by atoms with Crippen LogP contribution in [0.25, 0.3) is 11.0 Å². The van der Waals surface area contributed by atoms with Crippen LogP contribution in [0.3, 0.4) is 0 Å². The molecule has 8 heteroatoms. The Balaban J connectivity index is 1.61. The van der Waals surface area contributed by atoms with Gasteiger partial charge < -0.3 is 14.5 Å². The van der Waals surface area contributed by atoms with Crippen LogP contribution < -0.4 is 20.9 Å². The van der Waals surface area contributed by atoms with E-state index in [0.29, 0.717) is 29.0 Å². The van der Waals surface area contributed by atoms with E-state index in [-0.39, 0.29) is 11.0 Å². The third-order valence-corrected chi connectivity index (χ3v) is 3.71. The Morgan fingerprint density at radius 3 is 2.61 bits per heavy atom. The molecule has 1 aromatic heterocycles. The van der Waals surface area contributed by atoms with Gasteiger partial charge in [0.1, 0.15) is 17.6 Å². The minimum absolute atomic E-state index is 0.144. The molecule has 0 saturated heterocycles. The number of hydrazone groups is 1. The van der Waals surface area contributed by atoms with Gasteiger partial charge in [-0.1, -0.05) is 12.1 Å². The van der Waals surface area contributed by atoms with Crippen LogP contribution in [0.5, 0.6) is 5.75 Å². The first-order valence-corrected chi connectivity index (χ1v) is 8.46. The van der Waals surface area contributed by atoms with Crippen molar-refractivity contribution >= 4 is 34.7 Å². The lowest BCUT2D eigenvalue weighted by molar-refractivity contribution is -0.136. The average molecular weight is 379 g/mol. The second kappa shape index (κ2) is 8.63. The lowest BCUT2D eigenvalue weighted by atomic mass is 10.2. The highest BCUT2D eigenvalue weighted by molar-refractivity contribution is 6.39. The van der Waals surface area contributed by atoms with E-state index in [9.17, 15) is 14.4 Å². The Morgan fingerprint density at radius 1 is 1.11 bits per heavy atom. The number of amides is 2. The number of carbonyl (C=O) groups is 2. The van der Waals surface area contributed by atoms with Crippen molar-refractivity contribution in [2.75, 3.05) is 11.9 Å². The number of ether oxygens (including phenoxy) is 1. The van der Waals surface area contributed by atoms with E-state index in [4.69, 9.17) is 9.15 Å². The Hall–Kier alpha value is -3.94. The van der Waals surface area contributed by atoms with Gasteiger partial charge in [-0.2, -0.15) is 5.10 Å². The fraction of sp³-hybridized carbons (Fsp3) is 0.100. The van der Waals surface area contributed by atoms with Crippen LogP contribution in [0.2, 0.25) is 0 Å². The summed E-state index contributed by atoms with van der Waals surface area (Å²) < 4.78 is 10.6. The van der Waals surface area contributed by atoms with Crippen molar-refractivity contribution in [3.05, 3.63) is 70.6 Å². The SMILES string of the molecule is CCOc1ccc(NC(=O)C(=O)N/N=C\c2coc3ccccc3c2=O)cc1. The third kappa shape index (κ3) is 4.42. The van der Waals surface area contributed by atoms with E-state index in [1.165, 1.54) is 6.26 Å². The van der Waals surface area contributed by atoms with Crippen LogP contribution in [0.1, 0.15) is 12.5 Å². The fourth-order valence-corrected chi connectivity index (χ4v) is 2.38. The largest absolute Gasteiger partial charge is 0.494 e. The van der Waals surface area contributed by atoms with Gasteiger partial charge in [0, 0.05) is 5.69 Å². The summed E-state index contributed by atoms with van der Waals surface area (Å²) in [4.78, 5) is 36.0. The molecule has 28 heavy (non-hydrogen) atoms. The molecule has 8 nitrogen and oxygen atoms in total. The first kappa shape index (κ1) is 18.8. The molecule has 0 saturated carbocycles. The smallest absolute Gasteiger partial charge is 0.329 e. The van der Waals surface area contributed by atoms with Crippen molar-refractivity contribution in [1.29, 1.82) is 0 Å². The highest BCUT2D eigenvalue weighted by Crippen LogP contribution is 2.15. The minimum atomic E-state index is -0.977. The third-order valence-electron chi connectivity index (χ3n) is 3.71. The first-order valence-electron chi connectivity index (χ1n) is 8.46. The van der Waals surface area contributed by atoms with Gasteiger partial charge in [-0.05, 0) is 43.3 Å². The maximum Gasteiger partial charge on any atom is 0.329 e. The summed E-state index contributed by atoms with van der Waals surface area (Å²) in [6, 6.07) is 13.3. The summed E-state index contributed by atoms with van der Waals surface area (Å²) >= 11 is 0. The molecule has 0 atom stereocenters. The lowest BCUT2D eigenvalue weighted by Crippen LogP contribution is -2.32. The molecule has 3 rings (SSSR count). The van der Waals surface area contributed by atoms with Gasteiger partial charge in [-0.15, -0.1) is 0 Å². The molecule has 2 aromatic carbocycles. The van der Waals surface area contributed by atoms with Gasteiger partial charge in [0.25, 0.3) is 0 Å². The molecule has 0 fully saturated rings. The van der Waals surface area contributed by atoms with Crippen molar-refractivity contribution in [2.45, 2.75) is 6.92 Å². The second-order valence-corrected chi connectivity index (χ2v) is 5.63. The molecule has 0 bridgehead atoms. The van der Waals surface area contributed by atoms with E-state index in [2.05, 4.69) is 15.8 Å². The molecule has 142 valence electrons. The quantitative estimate of drug-likeness (QED) is 0.401. The van der Waals surface area contributed by atoms with E-state index in [1.807, 2.05) is 6.92 Å². The number of carbonyl (C=O) groups excluding carboxylic acids is 2. The molecule has 0 aliphatic rings. The fourth-order valence-electron chi connectivity index (χ4n) is 2.38. The summed E-state index contributed by atoms with van der Waals surface area (Å²) in [5, 5.41) is 6.47. The zero-order valence-corrected chi connectivity index (χ0v) is 15.0. The van der Waals surface area contributed by atoms with E-state index < -0.39 is 11.8 Å². The molecule has 0 aliphatic carbocycles. The second-order valence-electron chi connectivity index (χ2n) is 5.63. The van der Waals surface area contributed by atoms with Crippen molar-refractivity contribution in [3.8, 4) is 5.75 Å². The number of anilines is 1. The number of nitrogens with one attached hydrogen (secondary N) is 2. The highest BCUT2D eigenvalue weighted by atomic mass is 16.5. The number of hydrogen-bond acceptors (Lipinski definition) is 6. The van der Waals surface area contributed by atoms with Crippen molar-refractivity contribution in [2.24, 2.45) is 5.10 Å². The number of para-hydroxylation sites is 1. The van der Waals surface area contributed by atoms with Gasteiger partial charge in [0.15, 0.2) is 0 Å². The number of benzene rings is 2. The summed E-state index contributed by atoms with van der Waals surface area (Å²) in [6.07, 6.45) is 2.36. The van der Waals surface area contributed by atoms with Gasteiger partial charge in [0.05, 0.1) is 23.8 Å². The molecule has 0 aliphatic heterocycles. The first-order chi connectivity index (χ1) is 13.6. The van der Waals surface area contributed by atoms with Crippen molar-refractivity contribution in [1.82, 2.24) is 5.43 Å². The molecule has 0 unspecified atom stereocenters. The molecule has 0 radical (unpaired) electrons. The van der Waals surface area contributed by atoms with Crippen LogP contribution in [0.4, 0.5) is 5.69 Å². The van der Waals surface area contributed by atoms with Crippen molar-refractivity contribution < 1.29 is 18.7 Å². The summed E-state index contributed by atoms with van der Waals surface area (Å²) in [5.41, 5.74) is 2.80. The number of nitrogens with zero attached hydrogens (tertiary/aromatic N) is 1. The monoisotopic (exact) mass is 379 g/mol. The Labute approximate surface area is 159 Å². The van der Waals surface area contributed by atoms with Gasteiger partial charge >= 0.3 is 11.8 Å². The van der Waals surface area contributed by atoms with Crippen LogP contribution in [-0.2, 0) is 9.59 Å². The molecule has 2 amide bonds.